The fraction of sp³-hybridized carbons (Fsp3) is 0.250. The lowest BCUT2D eigenvalue weighted by Crippen LogP contribution is -2.31. The maximum absolute atomic E-state index is 13.3. The molecule has 0 aliphatic carbocycles. The van der Waals surface area contributed by atoms with Crippen molar-refractivity contribution in [1.82, 2.24) is 0 Å². The summed E-state index contributed by atoms with van der Waals surface area (Å²) in [6.45, 7) is 0. The summed E-state index contributed by atoms with van der Waals surface area (Å²) < 4.78 is 13.3. The highest BCUT2D eigenvalue weighted by Gasteiger charge is 2.18. The van der Waals surface area contributed by atoms with Crippen molar-refractivity contribution in [2.45, 2.75) is 0 Å². The minimum atomic E-state index is -1.76. The lowest BCUT2D eigenvalue weighted by Gasteiger charge is -2.15. The van der Waals surface area contributed by atoms with Crippen LogP contribution in [0.3, 0.4) is 0 Å². The Hall–Kier alpha value is -0.775. The Labute approximate surface area is 86.9 Å². The van der Waals surface area contributed by atoms with Crippen molar-refractivity contribution in [3.8, 4) is 0 Å². The van der Waals surface area contributed by atoms with E-state index in [1.54, 1.807) is 19.0 Å². The van der Waals surface area contributed by atoms with E-state index in [9.17, 15) is 4.39 Å². The number of halogens is 2. The molecule has 0 spiro atoms. The second-order valence-electron chi connectivity index (χ2n) is 3.09. The molecule has 0 saturated carbocycles. The van der Waals surface area contributed by atoms with Crippen molar-refractivity contribution in [3.63, 3.8) is 0 Å². The van der Waals surface area contributed by atoms with Crippen LogP contribution in [0.2, 0.25) is 5.02 Å². The minimum Gasteiger partial charge on any atom is -0.423 e. The molecule has 1 rings (SSSR count). The summed E-state index contributed by atoms with van der Waals surface area (Å²) in [5.41, 5.74) is 0.272. The average Bonchev–Trinajstić information content (AvgIpc) is 2.07. The van der Waals surface area contributed by atoms with Gasteiger partial charge in [0.2, 0.25) is 0 Å². The first-order chi connectivity index (χ1) is 6.43. The summed E-state index contributed by atoms with van der Waals surface area (Å²) in [5, 5.41) is 17.8. The van der Waals surface area contributed by atoms with Crippen molar-refractivity contribution >= 4 is 29.9 Å². The Morgan fingerprint density at radius 2 is 1.93 bits per heavy atom. The maximum Gasteiger partial charge on any atom is 0.490 e. The number of rotatable bonds is 2. The summed E-state index contributed by atoms with van der Waals surface area (Å²) in [6, 6.07) is 2.37. The molecule has 1 aromatic rings. The number of benzene rings is 1. The Morgan fingerprint density at radius 1 is 1.36 bits per heavy atom. The molecule has 3 nitrogen and oxygen atoms in total. The largest absolute Gasteiger partial charge is 0.490 e. The molecular formula is C8H10BClFNO2. The van der Waals surface area contributed by atoms with Gasteiger partial charge in [-0.05, 0) is 12.1 Å². The van der Waals surface area contributed by atoms with Crippen LogP contribution >= 0.6 is 11.6 Å². The monoisotopic (exact) mass is 217 g/mol. The first-order valence-corrected chi connectivity index (χ1v) is 4.33. The first kappa shape index (κ1) is 11.3. The van der Waals surface area contributed by atoms with Crippen molar-refractivity contribution in [2.24, 2.45) is 0 Å². The Morgan fingerprint density at radius 3 is 2.36 bits per heavy atom. The normalized spacial score (nSPS) is 10.1. The summed E-state index contributed by atoms with van der Waals surface area (Å²) in [4.78, 5) is 1.55. The van der Waals surface area contributed by atoms with Gasteiger partial charge in [-0.25, -0.2) is 4.39 Å². The van der Waals surface area contributed by atoms with Gasteiger partial charge in [0.1, 0.15) is 5.82 Å². The highest BCUT2D eigenvalue weighted by molar-refractivity contribution is 6.62. The van der Waals surface area contributed by atoms with E-state index in [4.69, 9.17) is 21.6 Å². The van der Waals surface area contributed by atoms with Crippen LogP contribution in [-0.2, 0) is 0 Å². The maximum atomic E-state index is 13.3. The molecule has 0 saturated heterocycles. The zero-order valence-corrected chi connectivity index (χ0v) is 8.59. The molecule has 0 aromatic heterocycles. The highest BCUT2D eigenvalue weighted by atomic mass is 35.5. The van der Waals surface area contributed by atoms with Gasteiger partial charge in [-0.1, -0.05) is 11.6 Å². The Balaban J connectivity index is 3.24. The lowest BCUT2D eigenvalue weighted by molar-refractivity contribution is 0.425. The number of nitrogens with zero attached hydrogens (tertiary/aromatic N) is 1. The van der Waals surface area contributed by atoms with Crippen LogP contribution in [0.15, 0.2) is 12.1 Å². The highest BCUT2D eigenvalue weighted by Crippen LogP contribution is 2.20. The van der Waals surface area contributed by atoms with Gasteiger partial charge in [0.15, 0.2) is 0 Å². The van der Waals surface area contributed by atoms with Crippen molar-refractivity contribution in [1.29, 1.82) is 0 Å². The molecule has 0 fully saturated rings. The molecule has 14 heavy (non-hydrogen) atoms. The molecule has 0 atom stereocenters. The summed E-state index contributed by atoms with van der Waals surface area (Å²) in [6.07, 6.45) is 0. The Bertz CT molecular complexity index is 313. The van der Waals surface area contributed by atoms with Gasteiger partial charge >= 0.3 is 7.12 Å². The summed E-state index contributed by atoms with van der Waals surface area (Å²) in [5.74, 6) is -0.539. The topological polar surface area (TPSA) is 43.7 Å². The second kappa shape index (κ2) is 4.17. The average molecular weight is 217 g/mol. The van der Waals surface area contributed by atoms with E-state index in [0.29, 0.717) is 5.69 Å². The van der Waals surface area contributed by atoms with E-state index in [2.05, 4.69) is 0 Å². The number of hydrogen-bond acceptors (Lipinski definition) is 3. The van der Waals surface area contributed by atoms with Crippen molar-refractivity contribution < 1.29 is 14.4 Å². The number of hydrogen-bond donors (Lipinski definition) is 2. The molecule has 0 amide bonds. The van der Waals surface area contributed by atoms with E-state index in [1.807, 2.05) is 0 Å². The standard InChI is InChI=1S/C8H10BClFNO2/c1-12(2)8-4-6(10)5(9(13)14)3-7(8)11/h3-4,13-14H,1-2H3. The van der Waals surface area contributed by atoms with Crippen LogP contribution in [-0.4, -0.2) is 31.3 Å². The van der Waals surface area contributed by atoms with Crippen LogP contribution in [0.5, 0.6) is 0 Å². The quantitative estimate of drug-likeness (QED) is 0.697. The fourth-order valence-electron chi connectivity index (χ4n) is 1.09. The molecule has 6 heteroatoms. The Kier molecular flexibility index (Phi) is 3.36. The third-order valence-corrected chi connectivity index (χ3v) is 2.15. The van der Waals surface area contributed by atoms with E-state index in [1.165, 1.54) is 6.07 Å². The van der Waals surface area contributed by atoms with Gasteiger partial charge in [0.05, 0.1) is 5.69 Å². The number of anilines is 1. The van der Waals surface area contributed by atoms with Gasteiger partial charge < -0.3 is 14.9 Å². The molecule has 1 aromatic carbocycles. The molecule has 0 radical (unpaired) electrons. The van der Waals surface area contributed by atoms with Crippen LogP contribution in [0.1, 0.15) is 0 Å². The van der Waals surface area contributed by atoms with E-state index in [-0.39, 0.29) is 10.5 Å². The SMILES string of the molecule is CN(C)c1cc(Cl)c(B(O)O)cc1F. The predicted octanol–water partition coefficient (Wildman–Crippen LogP) is 0.225. The molecular weight excluding hydrogens is 207 g/mol. The van der Waals surface area contributed by atoms with Crippen LogP contribution in [0.25, 0.3) is 0 Å². The summed E-state index contributed by atoms with van der Waals surface area (Å²) in [7, 11) is 1.58. The van der Waals surface area contributed by atoms with Crippen molar-refractivity contribution in [3.05, 3.63) is 23.0 Å². The fourth-order valence-corrected chi connectivity index (χ4v) is 1.35. The van der Waals surface area contributed by atoms with E-state index >= 15 is 0 Å². The third kappa shape index (κ3) is 2.18. The zero-order chi connectivity index (χ0) is 10.9. The zero-order valence-electron chi connectivity index (χ0n) is 7.83. The second-order valence-corrected chi connectivity index (χ2v) is 3.50. The molecule has 2 N–H and O–H groups in total. The smallest absolute Gasteiger partial charge is 0.423 e. The van der Waals surface area contributed by atoms with Gasteiger partial charge in [-0.2, -0.15) is 0 Å². The van der Waals surface area contributed by atoms with Crippen LogP contribution < -0.4 is 10.4 Å². The van der Waals surface area contributed by atoms with Crippen molar-refractivity contribution in [2.75, 3.05) is 19.0 Å². The predicted molar refractivity (Wildman–Crippen MR) is 55.6 cm³/mol. The van der Waals surface area contributed by atoms with Gasteiger partial charge in [0, 0.05) is 24.6 Å². The molecule has 0 heterocycles. The molecule has 0 unspecified atom stereocenters. The lowest BCUT2D eigenvalue weighted by atomic mass is 9.80. The van der Waals surface area contributed by atoms with Crippen LogP contribution in [0, 0.1) is 5.82 Å². The molecule has 76 valence electrons. The third-order valence-electron chi connectivity index (χ3n) is 1.83. The molecule has 0 bridgehead atoms. The van der Waals surface area contributed by atoms with Gasteiger partial charge in [0.25, 0.3) is 0 Å². The van der Waals surface area contributed by atoms with Gasteiger partial charge in [-0.3, -0.25) is 0 Å². The van der Waals surface area contributed by atoms with E-state index in [0.717, 1.165) is 6.07 Å². The van der Waals surface area contributed by atoms with Crippen LogP contribution in [0.4, 0.5) is 10.1 Å². The molecule has 0 aliphatic heterocycles. The van der Waals surface area contributed by atoms with Gasteiger partial charge in [-0.15, -0.1) is 0 Å². The minimum absolute atomic E-state index is 0.0326. The van der Waals surface area contributed by atoms with E-state index < -0.39 is 12.9 Å². The first-order valence-electron chi connectivity index (χ1n) is 3.96. The molecule has 0 aliphatic rings. The summed E-state index contributed by atoms with van der Waals surface area (Å²) >= 11 is 5.73.